The van der Waals surface area contributed by atoms with Gasteiger partial charge in [0.1, 0.15) is 34.7 Å². The van der Waals surface area contributed by atoms with Gasteiger partial charge in [-0.2, -0.15) is 4.68 Å². The highest BCUT2D eigenvalue weighted by atomic mass is 19.1. The van der Waals surface area contributed by atoms with E-state index in [0.717, 1.165) is 16.3 Å². The fourth-order valence-electron chi connectivity index (χ4n) is 2.89. The Hall–Kier alpha value is -3.42. The molecule has 0 bridgehead atoms. The minimum Gasteiger partial charge on any atom is -0.485 e. The van der Waals surface area contributed by atoms with Crippen LogP contribution in [-0.2, 0) is 13.5 Å². The van der Waals surface area contributed by atoms with Crippen molar-refractivity contribution in [3.63, 3.8) is 0 Å². The summed E-state index contributed by atoms with van der Waals surface area (Å²) in [6, 6.07) is 11.3. The number of carbonyl (C=O) groups is 1. The number of carboxylic acid groups (broad SMARTS) is 1. The minimum atomic E-state index is -1.33. The number of rotatable bonds is 6. The van der Waals surface area contributed by atoms with Crippen LogP contribution < -0.4 is 10.4 Å². The molecule has 0 aliphatic carbocycles. The van der Waals surface area contributed by atoms with E-state index >= 15 is 0 Å². The molecule has 1 unspecified atom stereocenters. The quantitative estimate of drug-likeness (QED) is 0.705. The lowest BCUT2D eigenvalue weighted by molar-refractivity contribution is 0.0689. The summed E-state index contributed by atoms with van der Waals surface area (Å²) in [5, 5.41) is 13.6. The Kier molecular flexibility index (Phi) is 5.30. The monoisotopic (exact) mass is 385 g/mol. The summed E-state index contributed by atoms with van der Waals surface area (Å²) in [5.41, 5.74) is -0.196. The van der Waals surface area contributed by atoms with Gasteiger partial charge in [-0.05, 0) is 18.6 Å². The summed E-state index contributed by atoms with van der Waals surface area (Å²) in [6.45, 7) is 3.58. The predicted octanol–water partition coefficient (Wildman–Crippen LogP) is 3.11. The van der Waals surface area contributed by atoms with Crippen molar-refractivity contribution in [1.29, 1.82) is 0 Å². The number of aromatic carboxylic acids is 1. The summed E-state index contributed by atoms with van der Waals surface area (Å²) in [6.07, 6.45) is 0.00590. The predicted molar refractivity (Wildman–Crippen MR) is 101 cm³/mol. The number of halogens is 1. The molecule has 0 aliphatic heterocycles. The first-order valence-electron chi connectivity index (χ1n) is 8.77. The average molecular weight is 385 g/mol. The summed E-state index contributed by atoms with van der Waals surface area (Å²) in [5.74, 6) is -1.77. The molecule has 2 aromatic carbocycles. The molecule has 1 aromatic heterocycles. The largest absolute Gasteiger partial charge is 0.485 e. The van der Waals surface area contributed by atoms with Gasteiger partial charge in [0.15, 0.2) is 0 Å². The number of ether oxygens (including phenoxy) is 1. The zero-order valence-corrected chi connectivity index (χ0v) is 15.7. The molecule has 3 rings (SSSR count). The summed E-state index contributed by atoms with van der Waals surface area (Å²) in [4.78, 5) is 24.0. The van der Waals surface area contributed by atoms with Gasteiger partial charge in [-0.15, -0.1) is 5.10 Å². The van der Waals surface area contributed by atoms with Crippen LogP contribution in [0.2, 0.25) is 0 Å². The highest BCUT2D eigenvalue weighted by molar-refractivity contribution is 5.91. The molecule has 0 radical (unpaired) electrons. The second-order valence-electron chi connectivity index (χ2n) is 6.30. The van der Waals surface area contributed by atoms with Gasteiger partial charge < -0.3 is 9.84 Å². The Balaban J connectivity index is 2.10. The number of benzene rings is 2. The van der Waals surface area contributed by atoms with Crippen LogP contribution in [0.15, 0.2) is 47.3 Å². The molecule has 28 heavy (non-hydrogen) atoms. The van der Waals surface area contributed by atoms with E-state index in [1.807, 2.05) is 37.3 Å². The lowest BCUT2D eigenvalue weighted by atomic mass is 10.1. The third-order valence-corrected chi connectivity index (χ3v) is 4.47. The van der Waals surface area contributed by atoms with Crippen LogP contribution in [0.5, 0.6) is 5.75 Å². The van der Waals surface area contributed by atoms with Crippen molar-refractivity contribution >= 4 is 5.97 Å². The van der Waals surface area contributed by atoms with E-state index in [4.69, 9.17) is 4.74 Å². The summed E-state index contributed by atoms with van der Waals surface area (Å²) < 4.78 is 22.7. The van der Waals surface area contributed by atoms with Gasteiger partial charge in [0.05, 0.1) is 0 Å². The highest BCUT2D eigenvalue weighted by Crippen LogP contribution is 2.29. The van der Waals surface area contributed by atoms with E-state index in [-0.39, 0.29) is 17.0 Å². The standard InChI is InChI=1S/C20H20FN3O4/c1-4-18-22-24(20(27)23(18)3)16-11-17(14(19(25)26)10-15(16)21)28-12(2)13-8-6-5-7-9-13/h5-12H,4H2,1-3H3,(H,25,26). The van der Waals surface area contributed by atoms with E-state index in [2.05, 4.69) is 5.10 Å². The maximum absolute atomic E-state index is 14.6. The maximum atomic E-state index is 14.6. The second kappa shape index (κ2) is 7.67. The number of nitrogens with zero attached hydrogens (tertiary/aromatic N) is 3. The minimum absolute atomic E-state index is 0.0455. The van der Waals surface area contributed by atoms with Crippen LogP contribution in [0, 0.1) is 5.82 Å². The number of aryl methyl sites for hydroxylation is 1. The van der Waals surface area contributed by atoms with Crippen LogP contribution in [0.4, 0.5) is 4.39 Å². The topological polar surface area (TPSA) is 86.4 Å². The molecule has 1 N–H and O–H groups in total. The molecule has 7 nitrogen and oxygen atoms in total. The summed E-state index contributed by atoms with van der Waals surface area (Å²) in [7, 11) is 1.54. The fraction of sp³-hybridized carbons (Fsp3) is 0.250. The Morgan fingerprint density at radius 3 is 2.54 bits per heavy atom. The lowest BCUT2D eigenvalue weighted by Crippen LogP contribution is -2.23. The number of aromatic nitrogens is 3. The first-order chi connectivity index (χ1) is 13.3. The van der Waals surface area contributed by atoms with Crippen molar-refractivity contribution in [1.82, 2.24) is 14.3 Å². The number of hydrogen-bond donors (Lipinski definition) is 1. The van der Waals surface area contributed by atoms with Gasteiger partial charge in [-0.1, -0.05) is 37.3 Å². The van der Waals surface area contributed by atoms with Gasteiger partial charge >= 0.3 is 11.7 Å². The van der Waals surface area contributed by atoms with Gasteiger partial charge in [-0.3, -0.25) is 4.57 Å². The van der Waals surface area contributed by atoms with Crippen LogP contribution in [0.25, 0.3) is 5.69 Å². The van der Waals surface area contributed by atoms with Crippen LogP contribution in [0.3, 0.4) is 0 Å². The molecule has 1 atom stereocenters. The highest BCUT2D eigenvalue weighted by Gasteiger charge is 2.22. The van der Waals surface area contributed by atoms with Crippen molar-refractivity contribution in [2.45, 2.75) is 26.4 Å². The SMILES string of the molecule is CCc1nn(-c2cc(OC(C)c3ccccc3)c(C(=O)O)cc2F)c(=O)n1C. The van der Waals surface area contributed by atoms with Crippen LogP contribution in [-0.4, -0.2) is 25.4 Å². The third-order valence-electron chi connectivity index (χ3n) is 4.47. The van der Waals surface area contributed by atoms with Crippen molar-refractivity contribution in [3.8, 4) is 11.4 Å². The van der Waals surface area contributed by atoms with E-state index in [1.54, 1.807) is 14.0 Å². The maximum Gasteiger partial charge on any atom is 0.350 e. The third kappa shape index (κ3) is 3.53. The van der Waals surface area contributed by atoms with Gasteiger partial charge in [0.25, 0.3) is 0 Å². The average Bonchev–Trinajstić information content (AvgIpc) is 2.97. The van der Waals surface area contributed by atoms with E-state index in [0.29, 0.717) is 12.2 Å². The molecule has 3 aromatic rings. The van der Waals surface area contributed by atoms with Gasteiger partial charge in [0.2, 0.25) is 0 Å². The van der Waals surface area contributed by atoms with E-state index < -0.39 is 23.6 Å². The summed E-state index contributed by atoms with van der Waals surface area (Å²) >= 11 is 0. The van der Waals surface area contributed by atoms with Crippen LogP contribution >= 0.6 is 0 Å². The van der Waals surface area contributed by atoms with Crippen molar-refractivity contribution < 1.29 is 19.0 Å². The molecular weight excluding hydrogens is 365 g/mol. The van der Waals surface area contributed by atoms with E-state index in [9.17, 15) is 19.1 Å². The Labute approximate surface area is 160 Å². The molecule has 1 heterocycles. The Morgan fingerprint density at radius 1 is 1.29 bits per heavy atom. The van der Waals surface area contributed by atoms with Crippen LogP contribution in [0.1, 0.15) is 41.7 Å². The molecule has 8 heteroatoms. The molecular formula is C20H20FN3O4. The van der Waals surface area contributed by atoms with Gasteiger partial charge in [0, 0.05) is 19.5 Å². The van der Waals surface area contributed by atoms with E-state index in [1.165, 1.54) is 10.6 Å². The number of carboxylic acids is 1. The Morgan fingerprint density at radius 2 is 1.96 bits per heavy atom. The molecule has 146 valence electrons. The molecule has 0 fully saturated rings. The molecule has 0 saturated carbocycles. The fourth-order valence-corrected chi connectivity index (χ4v) is 2.89. The molecule has 0 aliphatic rings. The smallest absolute Gasteiger partial charge is 0.350 e. The lowest BCUT2D eigenvalue weighted by Gasteiger charge is -2.17. The van der Waals surface area contributed by atoms with Crippen molar-refractivity contribution in [2.24, 2.45) is 7.05 Å². The normalized spacial score (nSPS) is 12.0. The molecule has 0 spiro atoms. The first kappa shape index (κ1) is 19.3. The van der Waals surface area contributed by atoms with Crippen molar-refractivity contribution in [3.05, 3.63) is 75.7 Å². The zero-order valence-electron chi connectivity index (χ0n) is 15.7. The van der Waals surface area contributed by atoms with Gasteiger partial charge in [-0.25, -0.2) is 14.0 Å². The Bertz CT molecular complexity index is 1070. The zero-order chi connectivity index (χ0) is 20.4. The molecule has 0 saturated heterocycles. The second-order valence-corrected chi connectivity index (χ2v) is 6.30. The molecule has 0 amide bonds. The number of hydrogen-bond acceptors (Lipinski definition) is 4. The van der Waals surface area contributed by atoms with Crippen molar-refractivity contribution in [2.75, 3.05) is 0 Å². The first-order valence-corrected chi connectivity index (χ1v) is 8.77.